The van der Waals surface area contributed by atoms with Crippen LogP contribution in [0.4, 0.5) is 0 Å². The summed E-state index contributed by atoms with van der Waals surface area (Å²) >= 11 is 6.10. The lowest BCUT2D eigenvalue weighted by Crippen LogP contribution is -2.39. The average molecular weight is 239 g/mol. The highest BCUT2D eigenvalue weighted by Gasteiger charge is 2.25. The van der Waals surface area contributed by atoms with Gasteiger partial charge in [0.05, 0.1) is 12.1 Å². The first-order valence-corrected chi connectivity index (χ1v) is 5.80. The maximum atomic E-state index is 11.5. The zero-order valence-electron chi connectivity index (χ0n) is 9.16. The standard InChI is InChI=1S/C12H15ClN2O/c1-7(14)12(16)15-11-6-5-8-9(11)3-2-4-10(8)13/h2-4,7,11H,5-6,14H2,1H3,(H,15,16)/t7-,11?/m0/s1. The van der Waals surface area contributed by atoms with Crippen LogP contribution in [0.3, 0.4) is 0 Å². The fourth-order valence-electron chi connectivity index (χ4n) is 2.06. The molecule has 2 atom stereocenters. The van der Waals surface area contributed by atoms with Crippen molar-refractivity contribution in [1.29, 1.82) is 0 Å². The van der Waals surface area contributed by atoms with Crippen molar-refractivity contribution in [3.63, 3.8) is 0 Å². The van der Waals surface area contributed by atoms with E-state index in [1.165, 1.54) is 0 Å². The Morgan fingerprint density at radius 2 is 2.38 bits per heavy atom. The summed E-state index contributed by atoms with van der Waals surface area (Å²) in [6, 6.07) is 5.41. The van der Waals surface area contributed by atoms with E-state index in [2.05, 4.69) is 5.32 Å². The Balaban J connectivity index is 2.18. The molecule has 1 unspecified atom stereocenters. The van der Waals surface area contributed by atoms with Gasteiger partial charge < -0.3 is 11.1 Å². The van der Waals surface area contributed by atoms with Gasteiger partial charge >= 0.3 is 0 Å². The summed E-state index contributed by atoms with van der Waals surface area (Å²) in [6.07, 6.45) is 1.82. The minimum Gasteiger partial charge on any atom is -0.348 e. The van der Waals surface area contributed by atoms with E-state index in [9.17, 15) is 4.79 Å². The van der Waals surface area contributed by atoms with Gasteiger partial charge in [-0.3, -0.25) is 4.79 Å². The number of nitrogens with two attached hydrogens (primary N) is 1. The molecule has 4 heteroatoms. The fraction of sp³-hybridized carbons (Fsp3) is 0.417. The summed E-state index contributed by atoms with van der Waals surface area (Å²) in [5, 5.41) is 3.73. The number of amides is 1. The van der Waals surface area contributed by atoms with Crippen LogP contribution in [0.1, 0.15) is 30.5 Å². The summed E-state index contributed by atoms with van der Waals surface area (Å²) in [5.41, 5.74) is 7.80. The van der Waals surface area contributed by atoms with Crippen LogP contribution >= 0.6 is 11.6 Å². The third kappa shape index (κ3) is 2.06. The highest BCUT2D eigenvalue weighted by molar-refractivity contribution is 6.31. The average Bonchev–Trinajstić information content (AvgIpc) is 2.63. The summed E-state index contributed by atoms with van der Waals surface area (Å²) in [7, 11) is 0. The Bertz CT molecular complexity index is 417. The van der Waals surface area contributed by atoms with Crippen molar-refractivity contribution in [2.75, 3.05) is 0 Å². The van der Waals surface area contributed by atoms with Crippen molar-refractivity contribution in [3.05, 3.63) is 34.3 Å². The van der Waals surface area contributed by atoms with Crippen molar-refractivity contribution in [2.24, 2.45) is 5.73 Å². The second kappa shape index (κ2) is 4.44. The van der Waals surface area contributed by atoms with Crippen LogP contribution in [0.2, 0.25) is 5.02 Å². The Kier molecular flexibility index (Phi) is 3.17. The fourth-order valence-corrected chi connectivity index (χ4v) is 2.34. The lowest BCUT2D eigenvalue weighted by molar-refractivity contribution is -0.122. The quantitative estimate of drug-likeness (QED) is 0.826. The van der Waals surface area contributed by atoms with Gasteiger partial charge in [0.25, 0.3) is 0 Å². The van der Waals surface area contributed by atoms with Gasteiger partial charge in [-0.15, -0.1) is 0 Å². The third-order valence-corrected chi connectivity index (χ3v) is 3.30. The molecule has 0 spiro atoms. The molecule has 0 bridgehead atoms. The Morgan fingerprint density at radius 3 is 3.06 bits per heavy atom. The number of carbonyl (C=O) groups is 1. The van der Waals surface area contributed by atoms with Crippen LogP contribution in [-0.2, 0) is 11.2 Å². The molecule has 1 aliphatic rings. The maximum Gasteiger partial charge on any atom is 0.237 e. The van der Waals surface area contributed by atoms with Crippen LogP contribution in [0.15, 0.2) is 18.2 Å². The molecule has 2 rings (SSSR count). The summed E-state index contributed by atoms with van der Waals surface area (Å²) in [6.45, 7) is 1.68. The number of halogens is 1. The van der Waals surface area contributed by atoms with Crippen LogP contribution in [0.25, 0.3) is 0 Å². The molecule has 1 aromatic carbocycles. The second-order valence-corrected chi connectivity index (χ2v) is 4.60. The summed E-state index contributed by atoms with van der Waals surface area (Å²) < 4.78 is 0. The minimum absolute atomic E-state index is 0.0622. The monoisotopic (exact) mass is 238 g/mol. The van der Waals surface area contributed by atoms with Gasteiger partial charge in [0, 0.05) is 5.02 Å². The highest BCUT2D eigenvalue weighted by Crippen LogP contribution is 2.35. The first-order valence-electron chi connectivity index (χ1n) is 5.43. The second-order valence-electron chi connectivity index (χ2n) is 4.20. The largest absolute Gasteiger partial charge is 0.348 e. The topological polar surface area (TPSA) is 55.1 Å². The van der Waals surface area contributed by atoms with Crippen molar-refractivity contribution < 1.29 is 4.79 Å². The Labute approximate surface area is 100.0 Å². The molecule has 1 aromatic rings. The van der Waals surface area contributed by atoms with Gasteiger partial charge in [-0.1, -0.05) is 23.7 Å². The lowest BCUT2D eigenvalue weighted by atomic mass is 10.1. The van der Waals surface area contributed by atoms with Crippen molar-refractivity contribution in [1.82, 2.24) is 5.32 Å². The zero-order chi connectivity index (χ0) is 11.7. The number of hydrogen-bond acceptors (Lipinski definition) is 2. The van der Waals surface area contributed by atoms with Crippen molar-refractivity contribution >= 4 is 17.5 Å². The van der Waals surface area contributed by atoms with Gasteiger partial charge in [-0.05, 0) is 37.0 Å². The maximum absolute atomic E-state index is 11.5. The van der Waals surface area contributed by atoms with Crippen LogP contribution < -0.4 is 11.1 Å². The van der Waals surface area contributed by atoms with Gasteiger partial charge in [0.1, 0.15) is 0 Å². The highest BCUT2D eigenvalue weighted by atomic mass is 35.5. The zero-order valence-corrected chi connectivity index (χ0v) is 9.92. The molecule has 3 N–H and O–H groups in total. The third-order valence-electron chi connectivity index (χ3n) is 2.94. The van der Waals surface area contributed by atoms with Gasteiger partial charge in [0.2, 0.25) is 5.91 Å². The number of fused-ring (bicyclic) bond motifs is 1. The van der Waals surface area contributed by atoms with Crippen molar-refractivity contribution in [3.8, 4) is 0 Å². The van der Waals surface area contributed by atoms with E-state index in [-0.39, 0.29) is 11.9 Å². The molecule has 0 aromatic heterocycles. The molecule has 0 saturated carbocycles. The van der Waals surface area contributed by atoms with Crippen LogP contribution in [0, 0.1) is 0 Å². The normalized spacial score (nSPS) is 20.3. The van der Waals surface area contributed by atoms with Gasteiger partial charge in [-0.25, -0.2) is 0 Å². The molecule has 16 heavy (non-hydrogen) atoms. The molecular formula is C12H15ClN2O. The smallest absolute Gasteiger partial charge is 0.237 e. The summed E-state index contributed by atoms with van der Waals surface area (Å²) in [5.74, 6) is -0.113. The van der Waals surface area contributed by atoms with Gasteiger partial charge in [0.15, 0.2) is 0 Å². The van der Waals surface area contributed by atoms with E-state index in [0.29, 0.717) is 0 Å². The number of hydrogen-bond donors (Lipinski definition) is 2. The number of benzene rings is 1. The molecule has 1 amide bonds. The predicted molar refractivity (Wildman–Crippen MR) is 64.3 cm³/mol. The van der Waals surface area contributed by atoms with E-state index in [0.717, 1.165) is 29.0 Å². The van der Waals surface area contributed by atoms with E-state index >= 15 is 0 Å². The summed E-state index contributed by atoms with van der Waals surface area (Å²) in [4.78, 5) is 11.5. The molecule has 3 nitrogen and oxygen atoms in total. The van der Waals surface area contributed by atoms with Gasteiger partial charge in [-0.2, -0.15) is 0 Å². The Morgan fingerprint density at radius 1 is 1.62 bits per heavy atom. The SMILES string of the molecule is C[C@H](N)C(=O)NC1CCc2c(Cl)cccc21. The van der Waals surface area contributed by atoms with E-state index in [4.69, 9.17) is 17.3 Å². The molecule has 0 aliphatic heterocycles. The molecule has 0 heterocycles. The van der Waals surface area contributed by atoms with E-state index in [1.807, 2.05) is 18.2 Å². The lowest BCUT2D eigenvalue weighted by Gasteiger charge is -2.15. The molecule has 0 radical (unpaired) electrons. The molecule has 1 aliphatic carbocycles. The molecule has 0 fully saturated rings. The molecule has 86 valence electrons. The van der Waals surface area contributed by atoms with Crippen LogP contribution in [-0.4, -0.2) is 11.9 Å². The minimum atomic E-state index is -0.469. The Hall–Kier alpha value is -1.06. The first kappa shape index (κ1) is 11.4. The number of nitrogens with one attached hydrogen (secondary N) is 1. The molecular weight excluding hydrogens is 224 g/mol. The van der Waals surface area contributed by atoms with Crippen molar-refractivity contribution in [2.45, 2.75) is 31.8 Å². The first-order chi connectivity index (χ1) is 7.59. The van der Waals surface area contributed by atoms with E-state index in [1.54, 1.807) is 6.92 Å². The predicted octanol–water partition coefficient (Wildman–Crippen LogP) is 1.79. The van der Waals surface area contributed by atoms with Crippen LogP contribution in [0.5, 0.6) is 0 Å². The number of carbonyl (C=O) groups excluding carboxylic acids is 1. The molecule has 0 saturated heterocycles. The number of rotatable bonds is 2. The van der Waals surface area contributed by atoms with E-state index < -0.39 is 6.04 Å².